The summed E-state index contributed by atoms with van der Waals surface area (Å²) in [6, 6.07) is 7.23. The Morgan fingerprint density at radius 1 is 1.36 bits per heavy atom. The first-order chi connectivity index (χ1) is 10.5. The number of ether oxygens (including phenoxy) is 2. The van der Waals surface area contributed by atoms with Crippen LogP contribution in [0.2, 0.25) is 0 Å². The molecule has 1 spiro atoms. The maximum absolute atomic E-state index is 12.5. The van der Waals surface area contributed by atoms with Crippen LogP contribution in [-0.4, -0.2) is 55.3 Å². The Bertz CT molecular complexity index is 680. The molecule has 2 aliphatic rings. The van der Waals surface area contributed by atoms with Crippen LogP contribution < -0.4 is 4.74 Å². The fourth-order valence-corrected chi connectivity index (χ4v) is 4.63. The van der Waals surface area contributed by atoms with Gasteiger partial charge in [-0.05, 0) is 17.7 Å². The van der Waals surface area contributed by atoms with E-state index >= 15 is 0 Å². The van der Waals surface area contributed by atoms with Crippen LogP contribution >= 0.6 is 0 Å². The van der Waals surface area contributed by atoms with Gasteiger partial charge >= 0.3 is 0 Å². The van der Waals surface area contributed by atoms with Crippen LogP contribution in [0.5, 0.6) is 5.75 Å². The molecule has 2 aliphatic heterocycles. The van der Waals surface area contributed by atoms with Gasteiger partial charge in [-0.2, -0.15) is 4.31 Å². The lowest BCUT2D eigenvalue weighted by molar-refractivity contribution is -0.0773. The predicted molar refractivity (Wildman–Crippen MR) is 79.7 cm³/mol. The highest BCUT2D eigenvalue weighted by Crippen LogP contribution is 2.36. The highest BCUT2D eigenvalue weighted by Gasteiger charge is 2.56. The van der Waals surface area contributed by atoms with E-state index in [4.69, 9.17) is 9.47 Å². The van der Waals surface area contributed by atoms with Gasteiger partial charge in [-0.25, -0.2) is 8.42 Å². The molecule has 1 aromatic rings. The first-order valence-corrected chi connectivity index (χ1v) is 8.55. The summed E-state index contributed by atoms with van der Waals surface area (Å²) in [6.45, 7) is 0.665. The third-order valence-electron chi connectivity index (χ3n) is 4.23. The second-order valence-electron chi connectivity index (χ2n) is 5.49. The molecular formula is C14H18N2O5S. The lowest BCUT2D eigenvalue weighted by atomic mass is 9.88. The number of nitrogens with zero attached hydrogens (tertiary/aromatic N) is 2. The van der Waals surface area contributed by atoms with E-state index in [-0.39, 0.29) is 31.9 Å². The topological polar surface area (TPSA) is 88.4 Å². The average molecular weight is 326 g/mol. The number of oxime groups is 1. The van der Waals surface area contributed by atoms with Gasteiger partial charge in [-0.15, -0.1) is 0 Å². The van der Waals surface area contributed by atoms with Gasteiger partial charge in [0.2, 0.25) is 10.0 Å². The van der Waals surface area contributed by atoms with E-state index in [1.54, 1.807) is 19.2 Å². The van der Waals surface area contributed by atoms with E-state index in [9.17, 15) is 13.6 Å². The summed E-state index contributed by atoms with van der Waals surface area (Å²) in [7, 11) is -1.84. The molecule has 0 amide bonds. The van der Waals surface area contributed by atoms with Gasteiger partial charge < -0.3 is 14.7 Å². The summed E-state index contributed by atoms with van der Waals surface area (Å²) in [5, 5.41) is 12.5. The molecule has 2 fully saturated rings. The average Bonchev–Trinajstić information content (AvgIpc) is 2.48. The molecule has 3 rings (SSSR count). The van der Waals surface area contributed by atoms with E-state index in [0.29, 0.717) is 11.5 Å². The smallest absolute Gasteiger partial charge is 0.215 e. The fourth-order valence-electron chi connectivity index (χ4n) is 2.87. The van der Waals surface area contributed by atoms with Crippen molar-refractivity contribution in [3.63, 3.8) is 0 Å². The van der Waals surface area contributed by atoms with Gasteiger partial charge in [0, 0.05) is 13.0 Å². The van der Waals surface area contributed by atoms with E-state index < -0.39 is 15.6 Å². The Balaban J connectivity index is 1.93. The number of sulfonamides is 1. The van der Waals surface area contributed by atoms with Crippen LogP contribution in [0.1, 0.15) is 12.0 Å². The standard InChI is InChI=1S/C14H18N2O5S/c1-20-12-4-2-11(3-5-12)8-16-14(9-21-10-14)13(15-17)6-7-22(16,18)19/h2-5,17H,6-10H2,1H3. The molecule has 0 saturated carbocycles. The number of methoxy groups -OCH3 is 1. The molecule has 0 aromatic heterocycles. The van der Waals surface area contributed by atoms with Crippen LogP contribution in [0.25, 0.3) is 0 Å². The zero-order valence-corrected chi connectivity index (χ0v) is 13.0. The molecule has 0 bridgehead atoms. The van der Waals surface area contributed by atoms with Crippen LogP contribution in [0.15, 0.2) is 29.4 Å². The maximum Gasteiger partial charge on any atom is 0.215 e. The summed E-state index contributed by atoms with van der Waals surface area (Å²) < 4.78 is 36.7. The van der Waals surface area contributed by atoms with Crippen LogP contribution in [0.3, 0.4) is 0 Å². The third-order valence-corrected chi connectivity index (χ3v) is 6.10. The molecule has 1 N–H and O–H groups in total. The maximum atomic E-state index is 12.5. The first-order valence-electron chi connectivity index (χ1n) is 6.94. The van der Waals surface area contributed by atoms with Crippen molar-refractivity contribution in [2.75, 3.05) is 26.1 Å². The van der Waals surface area contributed by atoms with Gasteiger partial charge in [0.15, 0.2) is 0 Å². The molecule has 22 heavy (non-hydrogen) atoms. The normalized spacial score (nSPS) is 25.0. The van der Waals surface area contributed by atoms with Gasteiger partial charge in [0.1, 0.15) is 11.3 Å². The minimum atomic E-state index is -3.42. The van der Waals surface area contributed by atoms with Gasteiger partial charge in [-0.3, -0.25) is 0 Å². The molecule has 0 unspecified atom stereocenters. The van der Waals surface area contributed by atoms with Crippen molar-refractivity contribution in [1.82, 2.24) is 4.31 Å². The lowest BCUT2D eigenvalue weighted by Crippen LogP contribution is -2.70. The van der Waals surface area contributed by atoms with Crippen LogP contribution in [0, 0.1) is 0 Å². The minimum Gasteiger partial charge on any atom is -0.497 e. The molecule has 2 saturated heterocycles. The number of rotatable bonds is 3. The van der Waals surface area contributed by atoms with Crippen LogP contribution in [-0.2, 0) is 21.3 Å². The lowest BCUT2D eigenvalue weighted by Gasteiger charge is -2.51. The molecule has 0 aliphatic carbocycles. The van der Waals surface area contributed by atoms with E-state index in [1.165, 1.54) is 4.31 Å². The Labute approximate surface area is 129 Å². The highest BCUT2D eigenvalue weighted by molar-refractivity contribution is 7.89. The summed E-state index contributed by atoms with van der Waals surface area (Å²) in [6.07, 6.45) is 0.237. The summed E-state index contributed by atoms with van der Waals surface area (Å²) in [5.74, 6) is 0.661. The van der Waals surface area contributed by atoms with Crippen molar-refractivity contribution in [2.45, 2.75) is 18.5 Å². The van der Waals surface area contributed by atoms with Crippen molar-refractivity contribution >= 4 is 15.7 Å². The summed E-state index contributed by atoms with van der Waals surface area (Å²) in [4.78, 5) is 0. The SMILES string of the molecule is COc1ccc(CN2C3(COC3)C(=NO)CCS2(=O)=O)cc1. The number of hydrogen-bond acceptors (Lipinski definition) is 6. The van der Waals surface area contributed by atoms with Crippen molar-refractivity contribution in [2.24, 2.45) is 5.16 Å². The van der Waals surface area contributed by atoms with Crippen molar-refractivity contribution < 1.29 is 23.1 Å². The predicted octanol–water partition coefficient (Wildman–Crippen LogP) is 0.830. The first kappa shape index (κ1) is 15.3. The molecule has 8 heteroatoms. The molecule has 0 radical (unpaired) electrons. The van der Waals surface area contributed by atoms with E-state index in [1.807, 2.05) is 12.1 Å². The van der Waals surface area contributed by atoms with Crippen LogP contribution in [0.4, 0.5) is 0 Å². The monoisotopic (exact) mass is 326 g/mol. The third kappa shape index (κ3) is 2.37. The summed E-state index contributed by atoms with van der Waals surface area (Å²) >= 11 is 0. The molecule has 2 heterocycles. The zero-order valence-electron chi connectivity index (χ0n) is 12.2. The van der Waals surface area contributed by atoms with E-state index in [0.717, 1.165) is 5.56 Å². The fraction of sp³-hybridized carbons (Fsp3) is 0.500. The molecule has 120 valence electrons. The quantitative estimate of drug-likeness (QED) is 0.656. The Morgan fingerprint density at radius 3 is 2.55 bits per heavy atom. The Morgan fingerprint density at radius 2 is 2.05 bits per heavy atom. The Kier molecular flexibility index (Phi) is 3.84. The molecule has 7 nitrogen and oxygen atoms in total. The summed E-state index contributed by atoms with van der Waals surface area (Å²) in [5.41, 5.74) is 0.475. The van der Waals surface area contributed by atoms with Gasteiger partial charge in [0.05, 0.1) is 31.8 Å². The Hall–Kier alpha value is -1.64. The van der Waals surface area contributed by atoms with Gasteiger partial charge in [0.25, 0.3) is 0 Å². The number of benzene rings is 1. The molecular weight excluding hydrogens is 308 g/mol. The minimum absolute atomic E-state index is 0.0513. The highest BCUT2D eigenvalue weighted by atomic mass is 32.2. The zero-order chi connectivity index (χ0) is 15.8. The molecule has 0 atom stereocenters. The van der Waals surface area contributed by atoms with E-state index in [2.05, 4.69) is 5.16 Å². The second kappa shape index (κ2) is 5.53. The number of hydrogen-bond donors (Lipinski definition) is 1. The largest absolute Gasteiger partial charge is 0.497 e. The van der Waals surface area contributed by atoms with Crippen molar-refractivity contribution in [1.29, 1.82) is 0 Å². The van der Waals surface area contributed by atoms with Gasteiger partial charge in [-0.1, -0.05) is 17.3 Å². The molecule has 1 aromatic carbocycles. The second-order valence-corrected chi connectivity index (χ2v) is 7.50. The van der Waals surface area contributed by atoms with Crippen molar-refractivity contribution in [3.8, 4) is 5.75 Å². The van der Waals surface area contributed by atoms with Crippen molar-refractivity contribution in [3.05, 3.63) is 29.8 Å².